The standard InChI is InChI=1S/C22H17Cl2N3O3S2/c23-15-5-10-18(19(24)13-15)21(28)26-22(31)25-16-6-8-17(9-7-16)32(29,30)27-12-11-14-3-1-2-4-20(14)27/h1-10,13H,11-12H2,(H2,25,26,28,31). The van der Waals surface area contributed by atoms with Crippen LogP contribution in [0.1, 0.15) is 15.9 Å². The third-order valence-electron chi connectivity index (χ3n) is 4.95. The molecule has 1 amide bonds. The first-order valence-electron chi connectivity index (χ1n) is 9.54. The Balaban J connectivity index is 1.44. The van der Waals surface area contributed by atoms with E-state index < -0.39 is 15.9 Å². The van der Waals surface area contributed by atoms with E-state index in [9.17, 15) is 13.2 Å². The molecule has 32 heavy (non-hydrogen) atoms. The Bertz CT molecular complexity index is 1310. The smallest absolute Gasteiger partial charge is 0.264 e. The van der Waals surface area contributed by atoms with Crippen molar-refractivity contribution in [2.75, 3.05) is 16.2 Å². The minimum absolute atomic E-state index is 0.0464. The summed E-state index contributed by atoms with van der Waals surface area (Å²) in [5, 5.41) is 6.06. The second-order valence-corrected chi connectivity index (χ2v) is 10.1. The highest BCUT2D eigenvalue weighted by Gasteiger charge is 2.30. The molecule has 2 N–H and O–H groups in total. The van der Waals surface area contributed by atoms with Gasteiger partial charge >= 0.3 is 0 Å². The van der Waals surface area contributed by atoms with E-state index in [4.69, 9.17) is 35.4 Å². The van der Waals surface area contributed by atoms with Gasteiger partial charge in [0.25, 0.3) is 15.9 Å². The molecule has 0 fully saturated rings. The SMILES string of the molecule is O=C(NC(=S)Nc1ccc(S(=O)(=O)N2CCc3ccccc32)cc1)c1ccc(Cl)cc1Cl. The van der Waals surface area contributed by atoms with Crippen molar-refractivity contribution in [1.29, 1.82) is 0 Å². The number of carbonyl (C=O) groups is 1. The molecule has 0 unspecified atom stereocenters. The maximum absolute atomic E-state index is 13.1. The Kier molecular flexibility index (Phi) is 6.39. The van der Waals surface area contributed by atoms with Gasteiger partial charge in [-0.05, 0) is 72.7 Å². The number of halogens is 2. The number of fused-ring (bicyclic) bond motifs is 1. The number of carbonyl (C=O) groups excluding carboxylic acids is 1. The van der Waals surface area contributed by atoms with Gasteiger partial charge in [0.15, 0.2) is 5.11 Å². The number of sulfonamides is 1. The van der Waals surface area contributed by atoms with Crippen LogP contribution in [-0.4, -0.2) is 26.0 Å². The van der Waals surface area contributed by atoms with Gasteiger partial charge in [-0.25, -0.2) is 8.42 Å². The van der Waals surface area contributed by atoms with Gasteiger partial charge < -0.3 is 5.32 Å². The van der Waals surface area contributed by atoms with Crippen molar-refractivity contribution in [3.05, 3.63) is 87.9 Å². The van der Waals surface area contributed by atoms with E-state index in [0.29, 0.717) is 29.4 Å². The summed E-state index contributed by atoms with van der Waals surface area (Å²) in [6.45, 7) is 0.408. The topological polar surface area (TPSA) is 78.5 Å². The fourth-order valence-corrected chi connectivity index (χ4v) is 5.61. The predicted octanol–water partition coefficient (Wildman–Crippen LogP) is 4.87. The van der Waals surface area contributed by atoms with E-state index in [2.05, 4.69) is 10.6 Å². The highest BCUT2D eigenvalue weighted by molar-refractivity contribution is 7.92. The molecule has 0 saturated heterocycles. The maximum atomic E-state index is 13.1. The average Bonchev–Trinajstić information content (AvgIpc) is 3.19. The van der Waals surface area contributed by atoms with Gasteiger partial charge in [-0.1, -0.05) is 41.4 Å². The van der Waals surface area contributed by atoms with Crippen molar-refractivity contribution in [3.63, 3.8) is 0 Å². The zero-order valence-corrected chi connectivity index (χ0v) is 19.7. The highest BCUT2D eigenvalue weighted by Crippen LogP contribution is 2.32. The summed E-state index contributed by atoms with van der Waals surface area (Å²) < 4.78 is 27.6. The first-order valence-corrected chi connectivity index (χ1v) is 12.1. The molecule has 1 aliphatic heterocycles. The van der Waals surface area contributed by atoms with Crippen LogP contribution in [-0.2, 0) is 16.4 Å². The lowest BCUT2D eigenvalue weighted by Crippen LogP contribution is -2.34. The zero-order chi connectivity index (χ0) is 22.9. The molecule has 10 heteroatoms. The number of para-hydroxylation sites is 1. The molecule has 4 rings (SSSR count). The molecule has 0 radical (unpaired) electrons. The van der Waals surface area contributed by atoms with Crippen LogP contribution in [0.2, 0.25) is 10.0 Å². The number of hydrogen-bond donors (Lipinski definition) is 2. The van der Waals surface area contributed by atoms with Crippen LogP contribution >= 0.6 is 35.4 Å². The fraction of sp³-hybridized carbons (Fsp3) is 0.0909. The minimum atomic E-state index is -3.68. The van der Waals surface area contributed by atoms with E-state index in [0.717, 1.165) is 5.56 Å². The van der Waals surface area contributed by atoms with Gasteiger partial charge in [0, 0.05) is 17.3 Å². The minimum Gasteiger partial charge on any atom is -0.332 e. The normalized spacial score (nSPS) is 12.9. The summed E-state index contributed by atoms with van der Waals surface area (Å²) in [5.41, 5.74) is 2.47. The third kappa shape index (κ3) is 4.59. The lowest BCUT2D eigenvalue weighted by atomic mass is 10.2. The quantitative estimate of drug-likeness (QED) is 0.494. The molecule has 164 valence electrons. The van der Waals surface area contributed by atoms with E-state index in [-0.39, 0.29) is 20.6 Å². The van der Waals surface area contributed by atoms with E-state index in [1.54, 1.807) is 18.2 Å². The molecule has 0 aromatic heterocycles. The molecule has 0 atom stereocenters. The number of amides is 1. The lowest BCUT2D eigenvalue weighted by molar-refractivity contribution is 0.0978. The van der Waals surface area contributed by atoms with Crippen molar-refractivity contribution in [2.24, 2.45) is 0 Å². The monoisotopic (exact) mass is 505 g/mol. The Hall–Kier alpha value is -2.65. The Labute approximate surface area is 201 Å². The highest BCUT2D eigenvalue weighted by atomic mass is 35.5. The Morgan fingerprint density at radius 2 is 1.72 bits per heavy atom. The van der Waals surface area contributed by atoms with Crippen LogP contribution in [0.4, 0.5) is 11.4 Å². The molecule has 3 aromatic carbocycles. The van der Waals surface area contributed by atoms with Gasteiger partial charge in [-0.15, -0.1) is 0 Å². The number of benzene rings is 3. The van der Waals surface area contributed by atoms with E-state index in [1.807, 2.05) is 24.3 Å². The summed E-state index contributed by atoms with van der Waals surface area (Å²) in [7, 11) is -3.68. The summed E-state index contributed by atoms with van der Waals surface area (Å²) >= 11 is 17.1. The summed E-state index contributed by atoms with van der Waals surface area (Å²) in [6, 6.07) is 18.2. The second-order valence-electron chi connectivity index (χ2n) is 7.01. The second kappa shape index (κ2) is 9.07. The third-order valence-corrected chi connectivity index (χ3v) is 7.53. The van der Waals surface area contributed by atoms with Crippen LogP contribution in [0, 0.1) is 0 Å². The lowest BCUT2D eigenvalue weighted by Gasteiger charge is -2.19. The zero-order valence-electron chi connectivity index (χ0n) is 16.5. The number of thiocarbonyl (C=S) groups is 1. The molecule has 0 saturated carbocycles. The molecule has 0 aliphatic carbocycles. The van der Waals surface area contributed by atoms with Crippen LogP contribution < -0.4 is 14.9 Å². The molecular formula is C22H17Cl2N3O3S2. The van der Waals surface area contributed by atoms with E-state index in [1.165, 1.54) is 28.6 Å². The van der Waals surface area contributed by atoms with E-state index >= 15 is 0 Å². The number of hydrogen-bond acceptors (Lipinski definition) is 4. The van der Waals surface area contributed by atoms with Gasteiger partial charge in [-0.3, -0.25) is 14.4 Å². The molecular weight excluding hydrogens is 489 g/mol. The summed E-state index contributed by atoms with van der Waals surface area (Å²) in [4.78, 5) is 12.5. The Morgan fingerprint density at radius 1 is 1.00 bits per heavy atom. The van der Waals surface area contributed by atoms with Crippen molar-refractivity contribution in [1.82, 2.24) is 5.32 Å². The first-order chi connectivity index (χ1) is 15.3. The summed E-state index contributed by atoms with van der Waals surface area (Å²) in [5.74, 6) is -0.490. The van der Waals surface area contributed by atoms with Crippen LogP contribution in [0.5, 0.6) is 0 Å². The average molecular weight is 506 g/mol. The largest absolute Gasteiger partial charge is 0.332 e. The Morgan fingerprint density at radius 3 is 2.44 bits per heavy atom. The van der Waals surface area contributed by atoms with Crippen LogP contribution in [0.15, 0.2) is 71.6 Å². The maximum Gasteiger partial charge on any atom is 0.264 e. The number of nitrogens with one attached hydrogen (secondary N) is 2. The number of nitrogens with zero attached hydrogens (tertiary/aromatic N) is 1. The van der Waals surface area contributed by atoms with Crippen LogP contribution in [0.3, 0.4) is 0 Å². The van der Waals surface area contributed by atoms with Crippen LogP contribution in [0.25, 0.3) is 0 Å². The molecule has 1 heterocycles. The predicted molar refractivity (Wildman–Crippen MR) is 131 cm³/mol. The molecule has 6 nitrogen and oxygen atoms in total. The van der Waals surface area contributed by atoms with Gasteiger partial charge in [0.2, 0.25) is 0 Å². The molecule has 3 aromatic rings. The first kappa shape index (κ1) is 22.5. The molecule has 1 aliphatic rings. The van der Waals surface area contributed by atoms with Crippen molar-refractivity contribution >= 4 is 67.8 Å². The fourth-order valence-electron chi connectivity index (χ4n) is 3.40. The summed E-state index contributed by atoms with van der Waals surface area (Å²) in [6.07, 6.45) is 0.681. The van der Waals surface area contributed by atoms with Gasteiger partial charge in [0.05, 0.1) is 21.2 Å². The van der Waals surface area contributed by atoms with Gasteiger partial charge in [0.1, 0.15) is 0 Å². The molecule has 0 spiro atoms. The van der Waals surface area contributed by atoms with Crippen molar-refractivity contribution in [3.8, 4) is 0 Å². The number of anilines is 2. The number of rotatable bonds is 4. The molecule has 0 bridgehead atoms. The van der Waals surface area contributed by atoms with Gasteiger partial charge in [-0.2, -0.15) is 0 Å². The van der Waals surface area contributed by atoms with Crippen molar-refractivity contribution < 1.29 is 13.2 Å². The van der Waals surface area contributed by atoms with Crippen molar-refractivity contribution in [2.45, 2.75) is 11.3 Å².